The summed E-state index contributed by atoms with van der Waals surface area (Å²) in [7, 11) is -2.14. The number of hydrogen-bond acceptors (Lipinski definition) is 6. The zero-order chi connectivity index (χ0) is 25.1. The molecule has 0 aromatic heterocycles. The largest absolute Gasteiger partial charge is 0.497 e. The quantitative estimate of drug-likeness (QED) is 0.409. The zero-order valence-corrected chi connectivity index (χ0v) is 20.6. The van der Waals surface area contributed by atoms with Crippen molar-refractivity contribution in [2.45, 2.75) is 32.5 Å². The minimum atomic E-state index is -3.70. The van der Waals surface area contributed by atoms with Crippen molar-refractivity contribution in [1.29, 1.82) is 0 Å². The Balaban J connectivity index is 2.26. The highest BCUT2D eigenvalue weighted by atomic mass is 32.2. The third-order valence-corrected chi connectivity index (χ3v) is 6.49. The number of carbonyl (C=O) groups excluding carboxylic acids is 2. The van der Waals surface area contributed by atoms with Crippen molar-refractivity contribution in [3.63, 3.8) is 0 Å². The molecule has 0 saturated heterocycles. The van der Waals surface area contributed by atoms with Gasteiger partial charge < -0.3 is 20.1 Å². The number of nitrogens with one attached hydrogen (secondary N) is 1. The molecule has 0 fully saturated rings. The summed E-state index contributed by atoms with van der Waals surface area (Å²) in [6.07, 6.45) is 1.45. The average Bonchev–Trinajstić information content (AvgIpc) is 2.82. The second-order valence-electron chi connectivity index (χ2n) is 7.93. The van der Waals surface area contributed by atoms with Crippen LogP contribution in [0.3, 0.4) is 0 Å². The second-order valence-corrected chi connectivity index (χ2v) is 9.91. The van der Waals surface area contributed by atoms with Gasteiger partial charge in [0.2, 0.25) is 21.8 Å². The number of hydrogen-bond donors (Lipinski definition) is 2. The molecular formula is C24H33N3O6S. The number of sulfonamides is 1. The standard InChI is InChI=1S/C24H33N3O6S/c1-19(24(30)25-14-7-15-28)27(17-21-10-12-22(33-2)13-11-21)23(29)18-26(34(3,31)32)16-20-8-5-4-6-9-20/h4-6,8-13,19,28H,7,14-18H2,1-3H3,(H,25,30). The molecule has 186 valence electrons. The molecule has 0 bridgehead atoms. The molecule has 0 aliphatic heterocycles. The molecule has 0 aliphatic rings. The number of methoxy groups -OCH3 is 1. The van der Waals surface area contributed by atoms with Crippen molar-refractivity contribution in [2.75, 3.05) is 33.1 Å². The van der Waals surface area contributed by atoms with Crippen molar-refractivity contribution in [2.24, 2.45) is 0 Å². The molecule has 1 unspecified atom stereocenters. The van der Waals surface area contributed by atoms with Crippen molar-refractivity contribution < 1.29 is 27.9 Å². The van der Waals surface area contributed by atoms with Crippen LogP contribution in [0, 0.1) is 0 Å². The van der Waals surface area contributed by atoms with Crippen LogP contribution in [0.2, 0.25) is 0 Å². The van der Waals surface area contributed by atoms with Gasteiger partial charge in [0.1, 0.15) is 11.8 Å². The number of carbonyl (C=O) groups is 2. The summed E-state index contributed by atoms with van der Waals surface area (Å²) in [5.74, 6) is -0.228. The lowest BCUT2D eigenvalue weighted by Gasteiger charge is -2.31. The maximum absolute atomic E-state index is 13.4. The van der Waals surface area contributed by atoms with E-state index in [2.05, 4.69) is 5.32 Å². The van der Waals surface area contributed by atoms with Crippen molar-refractivity contribution >= 4 is 21.8 Å². The summed E-state index contributed by atoms with van der Waals surface area (Å²) in [6.45, 7) is 1.55. The number of aliphatic hydroxyl groups is 1. The Morgan fingerprint density at radius 2 is 1.65 bits per heavy atom. The molecule has 2 rings (SSSR count). The van der Waals surface area contributed by atoms with Crippen LogP contribution in [-0.2, 0) is 32.7 Å². The number of ether oxygens (including phenoxy) is 1. The second kappa shape index (κ2) is 13.1. The summed E-state index contributed by atoms with van der Waals surface area (Å²) < 4.78 is 31.1. The number of benzene rings is 2. The smallest absolute Gasteiger partial charge is 0.242 e. The first-order chi connectivity index (χ1) is 16.2. The lowest BCUT2D eigenvalue weighted by Crippen LogP contribution is -2.51. The van der Waals surface area contributed by atoms with Crippen LogP contribution in [-0.4, -0.2) is 73.6 Å². The van der Waals surface area contributed by atoms with Crippen molar-refractivity contribution in [3.8, 4) is 5.75 Å². The summed E-state index contributed by atoms with van der Waals surface area (Å²) in [5, 5.41) is 11.7. The summed E-state index contributed by atoms with van der Waals surface area (Å²) in [6, 6.07) is 15.2. The van der Waals surface area contributed by atoms with Crippen LogP contribution in [0.25, 0.3) is 0 Å². The summed E-state index contributed by atoms with van der Waals surface area (Å²) >= 11 is 0. The fourth-order valence-electron chi connectivity index (χ4n) is 3.27. The van der Waals surface area contributed by atoms with Crippen LogP contribution in [0.5, 0.6) is 5.75 Å². The van der Waals surface area contributed by atoms with Gasteiger partial charge in [-0.3, -0.25) is 9.59 Å². The maximum atomic E-state index is 13.4. The van der Waals surface area contributed by atoms with E-state index in [1.165, 1.54) is 4.90 Å². The van der Waals surface area contributed by atoms with Gasteiger partial charge >= 0.3 is 0 Å². The molecule has 2 amide bonds. The Morgan fingerprint density at radius 1 is 1.03 bits per heavy atom. The Bertz CT molecular complexity index is 1030. The van der Waals surface area contributed by atoms with Crippen LogP contribution < -0.4 is 10.1 Å². The van der Waals surface area contributed by atoms with E-state index >= 15 is 0 Å². The molecule has 2 N–H and O–H groups in total. The van der Waals surface area contributed by atoms with E-state index in [0.29, 0.717) is 12.2 Å². The highest BCUT2D eigenvalue weighted by Gasteiger charge is 2.29. The molecule has 2 aromatic carbocycles. The topological polar surface area (TPSA) is 116 Å². The van der Waals surface area contributed by atoms with Gasteiger partial charge in [0.15, 0.2) is 0 Å². The number of nitrogens with zero attached hydrogens (tertiary/aromatic N) is 2. The van der Waals surface area contributed by atoms with Gasteiger partial charge in [-0.1, -0.05) is 42.5 Å². The summed E-state index contributed by atoms with van der Waals surface area (Å²) in [5.41, 5.74) is 1.51. The molecular weight excluding hydrogens is 458 g/mol. The van der Waals surface area contributed by atoms with Gasteiger partial charge in [-0.25, -0.2) is 8.42 Å². The van der Waals surface area contributed by atoms with E-state index in [4.69, 9.17) is 9.84 Å². The van der Waals surface area contributed by atoms with Gasteiger partial charge in [0.25, 0.3) is 0 Å². The van der Waals surface area contributed by atoms with Crippen molar-refractivity contribution in [3.05, 3.63) is 65.7 Å². The van der Waals surface area contributed by atoms with E-state index in [9.17, 15) is 18.0 Å². The fourth-order valence-corrected chi connectivity index (χ4v) is 4.00. The normalized spacial score (nSPS) is 12.3. The SMILES string of the molecule is COc1ccc(CN(C(=O)CN(Cc2ccccc2)S(C)(=O)=O)C(C)C(=O)NCCCO)cc1. The average molecular weight is 492 g/mol. The third kappa shape index (κ3) is 8.44. The Hall–Kier alpha value is -2.95. The lowest BCUT2D eigenvalue weighted by molar-refractivity contribution is -0.140. The molecule has 2 aromatic rings. The van der Waals surface area contributed by atoms with Crippen molar-refractivity contribution in [1.82, 2.24) is 14.5 Å². The van der Waals surface area contributed by atoms with Crippen LogP contribution in [0.4, 0.5) is 0 Å². The molecule has 0 spiro atoms. The highest BCUT2D eigenvalue weighted by molar-refractivity contribution is 7.88. The molecule has 0 saturated carbocycles. The van der Waals surface area contributed by atoms with Gasteiger partial charge in [-0.15, -0.1) is 0 Å². The zero-order valence-electron chi connectivity index (χ0n) is 19.8. The molecule has 0 radical (unpaired) electrons. The maximum Gasteiger partial charge on any atom is 0.242 e. The Labute approximate surface area is 201 Å². The van der Waals surface area contributed by atoms with Crippen LogP contribution >= 0.6 is 0 Å². The third-order valence-electron chi connectivity index (χ3n) is 5.30. The van der Waals surface area contributed by atoms with Gasteiger partial charge in [-0.2, -0.15) is 4.31 Å². The van der Waals surface area contributed by atoms with E-state index in [1.807, 2.05) is 6.07 Å². The molecule has 10 heteroatoms. The first-order valence-electron chi connectivity index (χ1n) is 11.0. The summed E-state index contributed by atoms with van der Waals surface area (Å²) in [4.78, 5) is 27.4. The predicted octanol–water partition coefficient (Wildman–Crippen LogP) is 1.37. The predicted molar refractivity (Wildman–Crippen MR) is 129 cm³/mol. The van der Waals surface area contributed by atoms with Crippen LogP contribution in [0.15, 0.2) is 54.6 Å². The minimum absolute atomic E-state index is 0.0405. The fraction of sp³-hybridized carbons (Fsp3) is 0.417. The van der Waals surface area contributed by atoms with Gasteiger partial charge in [0, 0.05) is 26.2 Å². The van der Waals surface area contributed by atoms with E-state index < -0.39 is 28.5 Å². The van der Waals surface area contributed by atoms with Crippen LogP contribution in [0.1, 0.15) is 24.5 Å². The Morgan fingerprint density at radius 3 is 2.21 bits per heavy atom. The monoisotopic (exact) mass is 491 g/mol. The number of aliphatic hydroxyl groups excluding tert-OH is 1. The number of rotatable bonds is 13. The van der Waals surface area contributed by atoms with E-state index in [1.54, 1.807) is 62.6 Å². The molecule has 0 aliphatic carbocycles. The van der Waals surface area contributed by atoms with Gasteiger partial charge in [0.05, 0.1) is 19.9 Å². The van der Waals surface area contributed by atoms with E-state index in [-0.39, 0.29) is 32.1 Å². The number of amides is 2. The molecule has 1 atom stereocenters. The first-order valence-corrected chi connectivity index (χ1v) is 12.8. The highest BCUT2D eigenvalue weighted by Crippen LogP contribution is 2.16. The first kappa shape index (κ1) is 27.3. The minimum Gasteiger partial charge on any atom is -0.497 e. The molecule has 0 heterocycles. The molecule has 34 heavy (non-hydrogen) atoms. The van der Waals surface area contributed by atoms with E-state index in [0.717, 1.165) is 21.7 Å². The molecule has 9 nitrogen and oxygen atoms in total. The Kier molecular flexibility index (Phi) is 10.5. The lowest BCUT2D eigenvalue weighted by atomic mass is 10.1. The van der Waals surface area contributed by atoms with Gasteiger partial charge in [-0.05, 0) is 36.6 Å².